The zero-order chi connectivity index (χ0) is 13.0. The maximum atomic E-state index is 12.0. The second-order valence-electron chi connectivity index (χ2n) is 3.48. The van der Waals surface area contributed by atoms with Crippen molar-refractivity contribution >= 4 is 60.6 Å². The lowest BCUT2D eigenvalue weighted by Crippen LogP contribution is -2.49. The number of alkyl halides is 2. The van der Waals surface area contributed by atoms with Crippen LogP contribution >= 0.6 is 39.1 Å². The molecule has 4 nitrogen and oxygen atoms in total. The molecular weight excluding hydrogens is 353 g/mol. The van der Waals surface area contributed by atoms with Gasteiger partial charge >= 0.3 is 0 Å². The van der Waals surface area contributed by atoms with Crippen molar-refractivity contribution in [3.05, 3.63) is 28.2 Å². The third-order valence-corrected chi connectivity index (χ3v) is 6.25. The van der Waals surface area contributed by atoms with Crippen molar-refractivity contribution < 1.29 is 13.2 Å². The van der Waals surface area contributed by atoms with Gasteiger partial charge in [-0.05, 0) is 18.2 Å². The lowest BCUT2D eigenvalue weighted by Gasteiger charge is -2.33. The normalized spacial score (nSPS) is 21.2. The van der Waals surface area contributed by atoms with E-state index in [4.69, 9.17) is 23.2 Å². The molecule has 0 saturated carbocycles. The summed E-state index contributed by atoms with van der Waals surface area (Å²) in [4.78, 5) is 12.0. The van der Waals surface area contributed by atoms with E-state index in [9.17, 15) is 13.2 Å². The lowest BCUT2D eigenvalue weighted by molar-refractivity contribution is 0.0995. The third kappa shape index (κ3) is 1.69. The number of carbonyl (C=O) groups is 1. The summed E-state index contributed by atoms with van der Waals surface area (Å²) < 4.78 is 22.9. The van der Waals surface area contributed by atoms with Crippen LogP contribution < -0.4 is 4.31 Å². The lowest BCUT2D eigenvalue weighted by atomic mass is 10.1. The van der Waals surface area contributed by atoms with Gasteiger partial charge in [-0.3, -0.25) is 9.10 Å². The van der Waals surface area contributed by atoms with Crippen LogP contribution in [0.2, 0.25) is 0 Å². The average molecular weight is 359 g/mol. The van der Waals surface area contributed by atoms with Crippen LogP contribution in [0.3, 0.4) is 0 Å². The Morgan fingerprint density at radius 1 is 1.35 bits per heavy atom. The van der Waals surface area contributed by atoms with Gasteiger partial charge in [0.2, 0.25) is 5.78 Å². The minimum absolute atomic E-state index is 0.168. The molecule has 0 fully saturated rings. The fourth-order valence-corrected chi connectivity index (χ4v) is 3.83. The molecule has 0 saturated heterocycles. The molecule has 1 heterocycles. The monoisotopic (exact) mass is 357 g/mol. The second kappa shape index (κ2) is 3.85. The molecule has 92 valence electrons. The van der Waals surface area contributed by atoms with Gasteiger partial charge in [0, 0.05) is 17.1 Å². The molecular formula is C9H6BrCl2NO3S. The summed E-state index contributed by atoms with van der Waals surface area (Å²) in [5, 5.41) is 0. The number of sulfonamides is 1. The first-order valence-corrected chi connectivity index (χ1v) is 7.39. The van der Waals surface area contributed by atoms with Crippen LogP contribution in [0, 0.1) is 0 Å². The molecule has 0 N–H and O–H groups in total. The quantitative estimate of drug-likeness (QED) is 0.669. The van der Waals surface area contributed by atoms with Crippen molar-refractivity contribution in [3.63, 3.8) is 0 Å². The van der Waals surface area contributed by atoms with Crippen molar-refractivity contribution in [1.82, 2.24) is 0 Å². The number of ketones is 1. The van der Waals surface area contributed by atoms with Gasteiger partial charge in [-0.15, -0.1) is 0 Å². The van der Waals surface area contributed by atoms with Crippen molar-refractivity contribution in [2.75, 3.05) is 11.4 Å². The van der Waals surface area contributed by atoms with Crippen LogP contribution in [-0.2, 0) is 10.0 Å². The van der Waals surface area contributed by atoms with Crippen molar-refractivity contribution in [3.8, 4) is 0 Å². The fourth-order valence-electron chi connectivity index (χ4n) is 1.54. The SMILES string of the molecule is CN1c2ccc(Br)cc2C(=O)C(Cl)(Cl)S1(=O)=O. The Morgan fingerprint density at radius 3 is 2.53 bits per heavy atom. The number of hydrogen-bond acceptors (Lipinski definition) is 3. The first kappa shape index (κ1) is 13.1. The highest BCUT2D eigenvalue weighted by Gasteiger charge is 2.55. The smallest absolute Gasteiger partial charge is 0.289 e. The van der Waals surface area contributed by atoms with Crippen LogP contribution in [-0.4, -0.2) is 24.9 Å². The maximum absolute atomic E-state index is 12.0. The predicted octanol–water partition coefficient (Wildman–Crippen LogP) is 2.54. The average Bonchev–Trinajstić information content (AvgIpc) is 2.25. The van der Waals surface area contributed by atoms with Crippen molar-refractivity contribution in [2.24, 2.45) is 0 Å². The predicted molar refractivity (Wildman–Crippen MR) is 70.2 cm³/mol. The summed E-state index contributed by atoms with van der Waals surface area (Å²) in [6.07, 6.45) is 0. The molecule has 1 aliphatic rings. The Balaban J connectivity index is 2.81. The molecule has 0 unspecified atom stereocenters. The number of Topliss-reactive ketones (excluding diaryl/α,β-unsaturated/α-hetero) is 1. The molecule has 1 aromatic carbocycles. The fraction of sp³-hybridized carbons (Fsp3) is 0.222. The standard InChI is InChI=1S/C9H6BrCl2NO3S/c1-13-7-3-2-5(10)4-6(7)8(14)9(11,12)17(13,15)16/h2-4H,1H3. The summed E-state index contributed by atoms with van der Waals surface area (Å²) >= 11 is 14.5. The number of nitrogens with zero attached hydrogens (tertiary/aromatic N) is 1. The van der Waals surface area contributed by atoms with E-state index in [1.54, 1.807) is 6.07 Å². The maximum Gasteiger partial charge on any atom is 0.299 e. The molecule has 1 aliphatic heterocycles. The van der Waals surface area contributed by atoms with Gasteiger partial charge in [0.15, 0.2) is 0 Å². The van der Waals surface area contributed by atoms with E-state index in [-0.39, 0.29) is 11.3 Å². The summed E-state index contributed by atoms with van der Waals surface area (Å²) in [6.45, 7) is 0. The van der Waals surface area contributed by atoms with Crippen LogP contribution in [0.25, 0.3) is 0 Å². The van der Waals surface area contributed by atoms with E-state index in [2.05, 4.69) is 15.9 Å². The van der Waals surface area contributed by atoms with E-state index in [1.165, 1.54) is 19.2 Å². The van der Waals surface area contributed by atoms with E-state index < -0.39 is 19.5 Å². The van der Waals surface area contributed by atoms with E-state index >= 15 is 0 Å². The number of halogens is 3. The van der Waals surface area contributed by atoms with E-state index in [0.717, 1.165) is 4.31 Å². The molecule has 1 aromatic rings. The second-order valence-corrected chi connectivity index (χ2v) is 8.28. The largest absolute Gasteiger partial charge is 0.299 e. The Morgan fingerprint density at radius 2 is 1.94 bits per heavy atom. The number of carbonyl (C=O) groups excluding carboxylic acids is 1. The number of hydrogen-bond donors (Lipinski definition) is 0. The Labute approximate surface area is 117 Å². The molecule has 0 amide bonds. The minimum Gasteiger partial charge on any atom is -0.289 e. The van der Waals surface area contributed by atoms with Crippen LogP contribution in [0.1, 0.15) is 10.4 Å². The van der Waals surface area contributed by atoms with Gasteiger partial charge < -0.3 is 0 Å². The molecule has 0 atom stereocenters. The minimum atomic E-state index is -4.12. The van der Waals surface area contributed by atoms with Gasteiger partial charge in [0.1, 0.15) is 0 Å². The van der Waals surface area contributed by atoms with Gasteiger partial charge in [0.25, 0.3) is 13.7 Å². The summed E-state index contributed by atoms with van der Waals surface area (Å²) in [6, 6.07) is 4.63. The van der Waals surface area contributed by atoms with Crippen molar-refractivity contribution in [2.45, 2.75) is 3.67 Å². The topological polar surface area (TPSA) is 54.5 Å². The summed E-state index contributed by atoms with van der Waals surface area (Å²) in [5.74, 6) is -0.838. The molecule has 17 heavy (non-hydrogen) atoms. The molecule has 0 spiro atoms. The van der Waals surface area contributed by atoms with Crippen LogP contribution in [0.15, 0.2) is 22.7 Å². The first-order chi connectivity index (χ1) is 7.69. The number of anilines is 1. The zero-order valence-corrected chi connectivity index (χ0v) is 12.4. The Hall–Kier alpha value is -0.300. The summed E-state index contributed by atoms with van der Waals surface area (Å²) in [5.41, 5.74) is 0.428. The van der Waals surface area contributed by atoms with E-state index in [0.29, 0.717) is 4.47 Å². The van der Waals surface area contributed by atoms with Crippen molar-refractivity contribution in [1.29, 1.82) is 0 Å². The highest BCUT2D eigenvalue weighted by atomic mass is 79.9. The van der Waals surface area contributed by atoms with Gasteiger partial charge in [-0.1, -0.05) is 39.1 Å². The molecule has 0 aliphatic carbocycles. The molecule has 2 rings (SSSR count). The van der Waals surface area contributed by atoms with E-state index in [1.807, 2.05) is 0 Å². The number of benzene rings is 1. The molecule has 0 aromatic heterocycles. The Kier molecular flexibility index (Phi) is 2.97. The number of rotatable bonds is 0. The molecule has 0 radical (unpaired) electrons. The van der Waals surface area contributed by atoms with Gasteiger partial charge in [0.05, 0.1) is 5.69 Å². The first-order valence-electron chi connectivity index (χ1n) is 4.40. The Bertz CT molecular complexity index is 615. The van der Waals surface area contributed by atoms with Crippen LogP contribution in [0.4, 0.5) is 5.69 Å². The zero-order valence-electron chi connectivity index (χ0n) is 8.45. The molecule has 8 heteroatoms. The highest BCUT2D eigenvalue weighted by molar-refractivity contribution is 9.10. The molecule has 0 bridgehead atoms. The highest BCUT2D eigenvalue weighted by Crippen LogP contribution is 2.43. The summed E-state index contributed by atoms with van der Waals surface area (Å²) in [7, 11) is -2.82. The third-order valence-electron chi connectivity index (χ3n) is 2.49. The number of fused-ring (bicyclic) bond motifs is 1. The van der Waals surface area contributed by atoms with Crippen LogP contribution in [0.5, 0.6) is 0 Å². The van der Waals surface area contributed by atoms with Gasteiger partial charge in [-0.2, -0.15) is 0 Å². The van der Waals surface area contributed by atoms with Gasteiger partial charge in [-0.25, -0.2) is 8.42 Å².